The van der Waals surface area contributed by atoms with Crippen LogP contribution in [0.1, 0.15) is 47.4 Å². The Morgan fingerprint density at radius 2 is 1.83 bits per heavy atom. The standard InChI is InChI=1S/C24H22Cl2N4O5/c1-3-28-24(2,23(34)35)19(31)13-10-15(25)18(16(26)11-13)22(33)30-9-7-14-17(30)6-8-27-20(14)29-21(32)12-4-5-12/h6-12,28H,3-5H2,1-2H3,(H,34,35)(H,27,29,32)/t24-/m1/s1. The number of aromatic nitrogens is 2. The summed E-state index contributed by atoms with van der Waals surface area (Å²) in [5, 5.41) is 15.4. The first kappa shape index (κ1) is 24.8. The molecule has 0 radical (unpaired) electrons. The summed E-state index contributed by atoms with van der Waals surface area (Å²) < 4.78 is 1.32. The van der Waals surface area contributed by atoms with Gasteiger partial charge in [-0.15, -0.1) is 0 Å². The number of carboxylic acid groups (broad SMARTS) is 1. The molecule has 1 aliphatic rings. The van der Waals surface area contributed by atoms with Crippen molar-refractivity contribution in [1.29, 1.82) is 0 Å². The lowest BCUT2D eigenvalue weighted by Crippen LogP contribution is -2.55. The summed E-state index contributed by atoms with van der Waals surface area (Å²) in [6.45, 7) is 3.17. The molecule has 11 heteroatoms. The molecule has 35 heavy (non-hydrogen) atoms. The molecule has 182 valence electrons. The van der Waals surface area contributed by atoms with Gasteiger partial charge in [0.1, 0.15) is 5.82 Å². The molecule has 1 amide bonds. The zero-order valence-electron chi connectivity index (χ0n) is 18.9. The monoisotopic (exact) mass is 516 g/mol. The minimum Gasteiger partial charge on any atom is -0.480 e. The Balaban J connectivity index is 1.69. The van der Waals surface area contributed by atoms with E-state index >= 15 is 0 Å². The van der Waals surface area contributed by atoms with Crippen LogP contribution in [0.2, 0.25) is 10.0 Å². The maximum atomic E-state index is 13.4. The summed E-state index contributed by atoms with van der Waals surface area (Å²) in [5.41, 5.74) is -1.51. The Hall–Kier alpha value is -3.27. The van der Waals surface area contributed by atoms with Crippen LogP contribution in [0.15, 0.2) is 36.7 Å². The molecule has 1 saturated carbocycles. The lowest BCUT2D eigenvalue weighted by molar-refractivity contribution is -0.142. The van der Waals surface area contributed by atoms with E-state index in [1.54, 1.807) is 19.1 Å². The number of hydrogen-bond acceptors (Lipinski definition) is 6. The van der Waals surface area contributed by atoms with Crippen LogP contribution in [0.5, 0.6) is 0 Å². The van der Waals surface area contributed by atoms with E-state index in [1.165, 1.54) is 36.0 Å². The molecule has 0 spiro atoms. The number of benzene rings is 1. The van der Waals surface area contributed by atoms with Crippen LogP contribution in [-0.2, 0) is 9.59 Å². The van der Waals surface area contributed by atoms with Crippen molar-refractivity contribution in [2.75, 3.05) is 11.9 Å². The summed E-state index contributed by atoms with van der Waals surface area (Å²) in [5.74, 6) is -2.43. The van der Waals surface area contributed by atoms with E-state index < -0.39 is 23.2 Å². The molecule has 1 aliphatic carbocycles. The predicted molar refractivity (Wildman–Crippen MR) is 131 cm³/mol. The van der Waals surface area contributed by atoms with Crippen molar-refractivity contribution >= 4 is 63.5 Å². The minimum absolute atomic E-state index is 0.00915. The highest BCUT2D eigenvalue weighted by Crippen LogP contribution is 2.33. The Morgan fingerprint density at radius 3 is 2.40 bits per heavy atom. The smallest absolute Gasteiger partial charge is 0.331 e. The molecular weight excluding hydrogens is 495 g/mol. The Morgan fingerprint density at radius 1 is 1.17 bits per heavy atom. The fraction of sp³-hybridized carbons (Fsp3) is 0.292. The van der Waals surface area contributed by atoms with Gasteiger partial charge in [0.25, 0.3) is 5.91 Å². The average molecular weight is 517 g/mol. The van der Waals surface area contributed by atoms with Gasteiger partial charge < -0.3 is 10.4 Å². The van der Waals surface area contributed by atoms with Crippen LogP contribution in [0.3, 0.4) is 0 Å². The van der Waals surface area contributed by atoms with E-state index in [2.05, 4.69) is 15.6 Å². The number of carbonyl (C=O) groups excluding carboxylic acids is 3. The van der Waals surface area contributed by atoms with Gasteiger partial charge in [-0.05, 0) is 50.6 Å². The second-order valence-corrected chi connectivity index (χ2v) is 9.27. The number of nitrogens with one attached hydrogen (secondary N) is 2. The molecule has 2 heterocycles. The molecule has 0 bridgehead atoms. The van der Waals surface area contributed by atoms with Gasteiger partial charge in [-0.25, -0.2) is 9.78 Å². The highest BCUT2D eigenvalue weighted by atomic mass is 35.5. The average Bonchev–Trinajstić information content (AvgIpc) is 3.57. The number of anilines is 1. The third-order valence-corrected chi connectivity index (χ3v) is 6.55. The van der Waals surface area contributed by atoms with Gasteiger partial charge in [-0.3, -0.25) is 24.3 Å². The highest BCUT2D eigenvalue weighted by Gasteiger charge is 2.41. The van der Waals surface area contributed by atoms with Gasteiger partial charge in [0, 0.05) is 29.3 Å². The summed E-state index contributed by atoms with van der Waals surface area (Å²) in [6.07, 6.45) is 4.68. The van der Waals surface area contributed by atoms with Gasteiger partial charge in [-0.1, -0.05) is 30.1 Å². The van der Waals surface area contributed by atoms with Crippen LogP contribution in [0.4, 0.5) is 5.82 Å². The molecule has 1 atom stereocenters. The Kier molecular flexibility index (Phi) is 6.68. The van der Waals surface area contributed by atoms with Crippen molar-refractivity contribution in [2.24, 2.45) is 5.92 Å². The maximum Gasteiger partial charge on any atom is 0.331 e. The molecule has 0 saturated heterocycles. The lowest BCUT2D eigenvalue weighted by atomic mass is 9.90. The van der Waals surface area contributed by atoms with E-state index in [1.807, 2.05) is 0 Å². The van der Waals surface area contributed by atoms with E-state index in [-0.39, 0.29) is 39.5 Å². The normalized spacial score (nSPS) is 15.0. The number of hydrogen-bond donors (Lipinski definition) is 3. The molecule has 4 rings (SSSR count). The molecule has 3 aromatic rings. The number of amides is 1. The van der Waals surface area contributed by atoms with Gasteiger partial charge in [0.05, 0.1) is 21.1 Å². The topological polar surface area (TPSA) is 130 Å². The van der Waals surface area contributed by atoms with E-state index in [0.717, 1.165) is 12.8 Å². The van der Waals surface area contributed by atoms with Crippen molar-refractivity contribution in [3.05, 3.63) is 57.8 Å². The molecule has 9 nitrogen and oxygen atoms in total. The van der Waals surface area contributed by atoms with Gasteiger partial charge in [-0.2, -0.15) is 0 Å². The van der Waals surface area contributed by atoms with Crippen LogP contribution in [0, 0.1) is 5.92 Å². The summed E-state index contributed by atoms with van der Waals surface area (Å²) >= 11 is 12.8. The molecular formula is C24H22Cl2N4O5. The Labute approximate surface area is 210 Å². The maximum absolute atomic E-state index is 13.4. The zero-order chi connectivity index (χ0) is 25.5. The van der Waals surface area contributed by atoms with Crippen LogP contribution in [-0.4, -0.2) is 50.3 Å². The highest BCUT2D eigenvalue weighted by molar-refractivity contribution is 6.40. The molecule has 3 N–H and O–H groups in total. The van der Waals surface area contributed by atoms with Gasteiger partial charge >= 0.3 is 5.97 Å². The molecule has 0 unspecified atom stereocenters. The van der Waals surface area contributed by atoms with E-state index in [4.69, 9.17) is 23.2 Å². The van der Waals surface area contributed by atoms with Crippen molar-refractivity contribution in [1.82, 2.24) is 14.9 Å². The number of aliphatic carboxylic acids is 1. The number of likely N-dealkylation sites (N-methyl/N-ethyl adjacent to an activating group) is 1. The fourth-order valence-electron chi connectivity index (χ4n) is 3.83. The number of carbonyl (C=O) groups is 4. The van der Waals surface area contributed by atoms with Gasteiger partial charge in [0.15, 0.2) is 11.3 Å². The first-order valence-corrected chi connectivity index (χ1v) is 11.7. The number of Topliss-reactive ketones (excluding diaryl/α,β-unsaturated/α-hetero) is 1. The zero-order valence-corrected chi connectivity index (χ0v) is 20.4. The number of carboxylic acids is 1. The fourth-order valence-corrected chi connectivity index (χ4v) is 4.48. The number of halogens is 2. The number of fused-ring (bicyclic) bond motifs is 1. The second kappa shape index (κ2) is 9.41. The van der Waals surface area contributed by atoms with Crippen molar-refractivity contribution in [3.8, 4) is 0 Å². The summed E-state index contributed by atoms with van der Waals surface area (Å²) in [6, 6.07) is 5.73. The van der Waals surface area contributed by atoms with Crippen molar-refractivity contribution in [3.63, 3.8) is 0 Å². The molecule has 0 aliphatic heterocycles. The molecule has 2 aromatic heterocycles. The van der Waals surface area contributed by atoms with Crippen LogP contribution < -0.4 is 10.6 Å². The number of ketones is 1. The lowest BCUT2D eigenvalue weighted by Gasteiger charge is -2.24. The first-order chi connectivity index (χ1) is 16.6. The Bertz CT molecular complexity index is 1360. The quantitative estimate of drug-likeness (QED) is 0.304. The largest absolute Gasteiger partial charge is 0.480 e. The SMILES string of the molecule is CCN[C@@](C)(C(=O)O)C(=O)c1cc(Cl)c(C(=O)n2ccc3c(NC(=O)C4CC4)nccc32)c(Cl)c1. The van der Waals surface area contributed by atoms with Crippen molar-refractivity contribution in [2.45, 2.75) is 32.2 Å². The first-order valence-electron chi connectivity index (χ1n) is 10.9. The summed E-state index contributed by atoms with van der Waals surface area (Å²) in [7, 11) is 0. The van der Waals surface area contributed by atoms with Crippen LogP contribution in [0.25, 0.3) is 10.9 Å². The third-order valence-electron chi connectivity index (χ3n) is 5.96. The summed E-state index contributed by atoms with van der Waals surface area (Å²) in [4.78, 5) is 54.5. The number of rotatable bonds is 8. The minimum atomic E-state index is -1.89. The predicted octanol–water partition coefficient (Wildman–Crippen LogP) is 4.02. The molecule has 1 aromatic carbocycles. The number of pyridine rings is 1. The van der Waals surface area contributed by atoms with Crippen LogP contribution >= 0.6 is 23.2 Å². The van der Waals surface area contributed by atoms with Gasteiger partial charge in [0.2, 0.25) is 5.91 Å². The van der Waals surface area contributed by atoms with Crippen molar-refractivity contribution < 1.29 is 24.3 Å². The second-order valence-electron chi connectivity index (χ2n) is 8.45. The van der Waals surface area contributed by atoms with E-state index in [0.29, 0.717) is 16.7 Å². The number of nitrogens with zero attached hydrogens (tertiary/aromatic N) is 2. The third kappa shape index (κ3) is 4.54. The molecule has 1 fully saturated rings. The van der Waals surface area contributed by atoms with E-state index in [9.17, 15) is 24.3 Å².